The van der Waals surface area contributed by atoms with Crippen molar-refractivity contribution in [3.8, 4) is 17.1 Å². The van der Waals surface area contributed by atoms with E-state index in [0.29, 0.717) is 41.6 Å². The fourth-order valence-electron chi connectivity index (χ4n) is 4.90. The smallest absolute Gasteiger partial charge is 0.465 e. The van der Waals surface area contributed by atoms with Gasteiger partial charge in [0, 0.05) is 5.56 Å². The second-order valence-corrected chi connectivity index (χ2v) is 10.4. The lowest BCUT2D eigenvalue weighted by Gasteiger charge is -2.14. The second kappa shape index (κ2) is 14.2. The van der Waals surface area contributed by atoms with Gasteiger partial charge in [0.05, 0.1) is 29.7 Å². The lowest BCUT2D eigenvalue weighted by atomic mass is 9.98. The number of aliphatic hydroxyl groups excluding tert-OH is 1. The Bertz CT molecular complexity index is 1680. The first-order valence-corrected chi connectivity index (χ1v) is 14.9. The Morgan fingerprint density at radius 3 is 2.38 bits per heavy atom. The summed E-state index contributed by atoms with van der Waals surface area (Å²) in [4.78, 5) is 38.3. The summed E-state index contributed by atoms with van der Waals surface area (Å²) in [5, 5.41) is 9.63. The van der Waals surface area contributed by atoms with Crippen LogP contribution < -0.4 is 10.2 Å². The summed E-state index contributed by atoms with van der Waals surface area (Å²) in [6, 6.07) is 21.2. The summed E-state index contributed by atoms with van der Waals surface area (Å²) in [5.41, 5.74) is 7.70. The van der Waals surface area contributed by atoms with Crippen LogP contribution in [0.25, 0.3) is 22.2 Å². The topological polar surface area (TPSA) is 143 Å². The zero-order valence-corrected chi connectivity index (χ0v) is 25.6. The first-order valence-electron chi connectivity index (χ1n) is 14.9. The van der Waals surface area contributed by atoms with Gasteiger partial charge in [0.2, 0.25) is 0 Å². The quantitative estimate of drug-likeness (QED) is 0.241. The number of benzene rings is 3. The first-order chi connectivity index (χ1) is 21.8. The molecule has 0 radical (unpaired) electrons. The van der Waals surface area contributed by atoms with Gasteiger partial charge in [-0.1, -0.05) is 74.9 Å². The molecule has 3 unspecified atom stereocenters. The Kier molecular flexibility index (Phi) is 9.95. The first kappa shape index (κ1) is 31.5. The maximum absolute atomic E-state index is 13.2. The average Bonchev–Trinajstić information content (AvgIpc) is 3.72. The van der Waals surface area contributed by atoms with E-state index in [1.165, 1.54) is 6.42 Å². The number of imidazole rings is 1. The summed E-state index contributed by atoms with van der Waals surface area (Å²) < 4.78 is 23.2. The normalized spacial score (nSPS) is 18.7. The molecular weight excluding hydrogens is 580 g/mol. The van der Waals surface area contributed by atoms with Crippen LogP contribution in [0.2, 0.25) is 0 Å². The van der Waals surface area contributed by atoms with Gasteiger partial charge in [-0.3, -0.25) is 4.57 Å². The Morgan fingerprint density at radius 2 is 1.73 bits per heavy atom. The predicted molar refractivity (Wildman–Crippen MR) is 166 cm³/mol. The van der Waals surface area contributed by atoms with E-state index in [1.54, 1.807) is 25.1 Å². The SMILES string of the molecule is CCC.CCOc1nc2cccc(C(=O)OCC3OC(=O)OC3C)c2n1Cc1ccc(-c2ccccc2C2=NC(O)ON2)cc1. The van der Waals surface area contributed by atoms with Crippen LogP contribution in [0.5, 0.6) is 6.01 Å². The van der Waals surface area contributed by atoms with Crippen LogP contribution in [0.1, 0.15) is 55.6 Å². The molecule has 0 saturated carbocycles. The monoisotopic (exact) mass is 616 g/mol. The summed E-state index contributed by atoms with van der Waals surface area (Å²) in [5.74, 6) is -0.134. The number of hydroxylamine groups is 1. The Morgan fingerprint density at radius 1 is 1.00 bits per heavy atom. The fourth-order valence-corrected chi connectivity index (χ4v) is 4.90. The molecule has 1 aromatic heterocycles. The van der Waals surface area contributed by atoms with Crippen molar-refractivity contribution in [3.05, 3.63) is 83.4 Å². The van der Waals surface area contributed by atoms with E-state index in [-0.39, 0.29) is 6.61 Å². The van der Waals surface area contributed by atoms with Crippen molar-refractivity contribution in [2.75, 3.05) is 13.2 Å². The number of amidine groups is 1. The van der Waals surface area contributed by atoms with Gasteiger partial charge in [-0.05, 0) is 42.7 Å². The molecule has 2 aliphatic heterocycles. The van der Waals surface area contributed by atoms with Crippen molar-refractivity contribution >= 4 is 29.0 Å². The van der Waals surface area contributed by atoms with Crippen LogP contribution in [0.3, 0.4) is 0 Å². The lowest BCUT2D eigenvalue weighted by Crippen LogP contribution is -2.26. The minimum absolute atomic E-state index is 0.134. The van der Waals surface area contributed by atoms with Gasteiger partial charge in [-0.25, -0.2) is 24.9 Å². The number of carbonyl (C=O) groups is 2. The number of hydrogen-bond acceptors (Lipinski definition) is 11. The van der Waals surface area contributed by atoms with E-state index in [4.69, 9.17) is 23.8 Å². The molecule has 3 aromatic carbocycles. The summed E-state index contributed by atoms with van der Waals surface area (Å²) in [6.07, 6.45) is -1.98. The number of nitrogens with one attached hydrogen (secondary N) is 1. The van der Waals surface area contributed by atoms with Crippen LogP contribution >= 0.6 is 0 Å². The second-order valence-electron chi connectivity index (χ2n) is 10.4. The van der Waals surface area contributed by atoms with Gasteiger partial charge >= 0.3 is 12.1 Å². The van der Waals surface area contributed by atoms with Gasteiger partial charge in [-0.2, -0.15) is 4.98 Å². The number of rotatable bonds is 9. The number of cyclic esters (lactones) is 2. The van der Waals surface area contributed by atoms with Crippen LogP contribution in [-0.2, 0) is 25.6 Å². The molecule has 12 heteroatoms. The zero-order valence-electron chi connectivity index (χ0n) is 25.6. The van der Waals surface area contributed by atoms with Crippen molar-refractivity contribution in [2.24, 2.45) is 4.99 Å². The molecule has 6 rings (SSSR count). The van der Waals surface area contributed by atoms with E-state index >= 15 is 0 Å². The molecular formula is C33H36N4O8. The fraction of sp³-hybridized carbons (Fsp3) is 0.333. The van der Waals surface area contributed by atoms with Crippen LogP contribution in [0, 0.1) is 0 Å². The van der Waals surface area contributed by atoms with Crippen molar-refractivity contribution < 1.29 is 38.5 Å². The lowest BCUT2D eigenvalue weighted by molar-refractivity contribution is -0.102. The molecule has 0 spiro atoms. The third-order valence-corrected chi connectivity index (χ3v) is 6.95. The highest BCUT2D eigenvalue weighted by Gasteiger charge is 2.34. The molecule has 0 aliphatic carbocycles. The maximum Gasteiger partial charge on any atom is 0.509 e. The zero-order chi connectivity index (χ0) is 31.9. The largest absolute Gasteiger partial charge is 0.509 e. The van der Waals surface area contributed by atoms with Crippen molar-refractivity contribution in [3.63, 3.8) is 0 Å². The molecule has 236 valence electrons. The number of carbonyl (C=O) groups excluding carboxylic acids is 2. The van der Waals surface area contributed by atoms with Gasteiger partial charge in [0.1, 0.15) is 12.7 Å². The molecule has 0 bridgehead atoms. The number of nitrogens with zero attached hydrogens (tertiary/aromatic N) is 3. The number of esters is 1. The molecule has 45 heavy (non-hydrogen) atoms. The highest BCUT2D eigenvalue weighted by molar-refractivity contribution is 6.04. The summed E-state index contributed by atoms with van der Waals surface area (Å²) in [7, 11) is 0. The number of aromatic nitrogens is 2. The number of aliphatic hydroxyl groups is 1. The van der Waals surface area contributed by atoms with Crippen molar-refractivity contribution in [1.29, 1.82) is 0 Å². The van der Waals surface area contributed by atoms with Gasteiger partial charge in [0.25, 0.3) is 12.4 Å². The van der Waals surface area contributed by atoms with Gasteiger partial charge in [-0.15, -0.1) is 0 Å². The number of ether oxygens (including phenoxy) is 4. The Hall–Kier alpha value is -4.94. The summed E-state index contributed by atoms with van der Waals surface area (Å²) >= 11 is 0. The third-order valence-electron chi connectivity index (χ3n) is 6.95. The van der Waals surface area contributed by atoms with Crippen LogP contribution in [-0.4, -0.2) is 64.5 Å². The van der Waals surface area contributed by atoms with E-state index in [2.05, 4.69) is 29.3 Å². The van der Waals surface area contributed by atoms with Crippen molar-refractivity contribution in [2.45, 2.75) is 59.3 Å². The van der Waals surface area contributed by atoms with Crippen LogP contribution in [0.15, 0.2) is 71.7 Å². The standard InChI is InChI=1S/C30H28N4O8.C3H8/c1-3-38-28-31-23-10-6-9-22(27(35)39-16-24-17(2)40-30(37)41-24)25(23)34(28)15-18-11-13-19(14-12-18)20-7-4-5-8-21(20)26-32-29(36)42-33-26;1-3-2/h4-14,17,24,29,36H,3,15-16H2,1-2H3,(H,32,33);3H2,1-2H3. The molecule has 12 nitrogen and oxygen atoms in total. The van der Waals surface area contributed by atoms with E-state index in [0.717, 1.165) is 22.3 Å². The molecule has 2 N–H and O–H groups in total. The minimum Gasteiger partial charge on any atom is -0.465 e. The maximum atomic E-state index is 13.2. The molecule has 3 atom stereocenters. The molecule has 1 fully saturated rings. The van der Waals surface area contributed by atoms with Crippen LogP contribution in [0.4, 0.5) is 4.79 Å². The number of aliphatic imine (C=N–C) groups is 1. The molecule has 3 heterocycles. The predicted octanol–water partition coefficient (Wildman–Crippen LogP) is 5.20. The number of para-hydroxylation sites is 1. The molecule has 1 saturated heterocycles. The molecule has 2 aliphatic rings. The number of fused-ring (bicyclic) bond motifs is 1. The minimum atomic E-state index is -1.25. The van der Waals surface area contributed by atoms with E-state index in [9.17, 15) is 14.7 Å². The van der Waals surface area contributed by atoms with Crippen molar-refractivity contribution in [1.82, 2.24) is 15.0 Å². The Balaban J connectivity index is 0.00000128. The van der Waals surface area contributed by atoms with E-state index in [1.807, 2.05) is 60.0 Å². The summed E-state index contributed by atoms with van der Waals surface area (Å²) in [6.45, 7) is 8.42. The Labute approximate surface area is 260 Å². The van der Waals surface area contributed by atoms with Gasteiger partial charge < -0.3 is 24.1 Å². The molecule has 4 aromatic rings. The van der Waals surface area contributed by atoms with E-state index < -0.39 is 30.7 Å². The molecule has 0 amide bonds. The highest BCUT2D eigenvalue weighted by atomic mass is 16.8. The number of hydrogen-bond donors (Lipinski definition) is 2. The third kappa shape index (κ3) is 7.08. The average molecular weight is 617 g/mol. The highest BCUT2D eigenvalue weighted by Crippen LogP contribution is 2.29. The van der Waals surface area contributed by atoms with Gasteiger partial charge in [0.15, 0.2) is 11.9 Å².